The molecule has 0 N–H and O–H groups in total. The molecule has 0 amide bonds. The largest absolute Gasteiger partial charge is 0.295 e. The Morgan fingerprint density at radius 2 is 2.25 bits per heavy atom. The van der Waals surface area contributed by atoms with Gasteiger partial charge >= 0.3 is 0 Å². The molecule has 0 aromatic heterocycles. The monoisotopic (exact) mass is 345 g/mol. The minimum Gasteiger partial charge on any atom is -0.295 e. The van der Waals surface area contributed by atoms with Crippen molar-refractivity contribution in [2.75, 3.05) is 11.9 Å². The number of hydrogen-bond acceptors (Lipinski definition) is 1. The van der Waals surface area contributed by atoms with E-state index < -0.39 is 0 Å². The maximum Gasteiger partial charge on any atom is 0.0237 e. The Kier molecular flexibility index (Phi) is 4.45. The highest BCUT2D eigenvalue weighted by Gasteiger charge is 2.29. The third kappa shape index (κ3) is 2.88. The van der Waals surface area contributed by atoms with Gasteiger partial charge in [0.05, 0.1) is 0 Å². The van der Waals surface area contributed by atoms with Crippen molar-refractivity contribution >= 4 is 31.9 Å². The number of rotatable bonds is 3. The summed E-state index contributed by atoms with van der Waals surface area (Å²) in [6, 6.07) is 9.31. The van der Waals surface area contributed by atoms with E-state index in [2.05, 4.69) is 67.9 Å². The second kappa shape index (κ2) is 5.65. The van der Waals surface area contributed by atoms with Gasteiger partial charge in [-0.25, -0.2) is 0 Å². The quantitative estimate of drug-likeness (QED) is 0.746. The predicted octanol–water partition coefficient (Wildman–Crippen LogP) is 4.05. The van der Waals surface area contributed by atoms with Gasteiger partial charge in [-0.3, -0.25) is 4.90 Å². The van der Waals surface area contributed by atoms with Crippen LogP contribution in [0.5, 0.6) is 0 Å². The molecule has 1 aromatic carbocycles. The van der Waals surface area contributed by atoms with Crippen LogP contribution in [0.4, 0.5) is 0 Å². The lowest BCUT2D eigenvalue weighted by atomic mass is 10.1. The number of benzene rings is 1. The molecular formula is C13H17Br2N. The summed E-state index contributed by atoms with van der Waals surface area (Å²) in [5.74, 6) is 0.812. The maximum absolute atomic E-state index is 3.63. The van der Waals surface area contributed by atoms with E-state index in [0.717, 1.165) is 17.8 Å². The first-order valence-electron chi connectivity index (χ1n) is 5.75. The molecule has 1 aliphatic rings. The van der Waals surface area contributed by atoms with E-state index >= 15 is 0 Å². The van der Waals surface area contributed by atoms with Crippen molar-refractivity contribution in [1.29, 1.82) is 0 Å². The maximum atomic E-state index is 3.63. The Morgan fingerprint density at radius 3 is 2.94 bits per heavy atom. The van der Waals surface area contributed by atoms with Crippen LogP contribution in [0.1, 0.15) is 18.9 Å². The summed E-state index contributed by atoms with van der Waals surface area (Å²) in [6.45, 7) is 4.65. The fourth-order valence-corrected chi connectivity index (χ4v) is 3.90. The van der Waals surface area contributed by atoms with Crippen LogP contribution in [0.15, 0.2) is 28.7 Å². The van der Waals surface area contributed by atoms with Crippen LogP contribution in [0.25, 0.3) is 0 Å². The van der Waals surface area contributed by atoms with Crippen molar-refractivity contribution < 1.29 is 0 Å². The smallest absolute Gasteiger partial charge is 0.0237 e. The third-order valence-electron chi connectivity index (χ3n) is 3.43. The van der Waals surface area contributed by atoms with Crippen LogP contribution < -0.4 is 0 Å². The van der Waals surface area contributed by atoms with Gasteiger partial charge < -0.3 is 0 Å². The van der Waals surface area contributed by atoms with Gasteiger partial charge in [0.2, 0.25) is 0 Å². The van der Waals surface area contributed by atoms with Gasteiger partial charge in [-0.1, -0.05) is 50.9 Å². The van der Waals surface area contributed by atoms with Gasteiger partial charge in [-0.15, -0.1) is 0 Å². The summed E-state index contributed by atoms with van der Waals surface area (Å²) in [7, 11) is 0. The molecule has 1 aliphatic heterocycles. The van der Waals surface area contributed by atoms with Crippen molar-refractivity contribution in [2.24, 2.45) is 5.92 Å². The molecule has 16 heavy (non-hydrogen) atoms. The van der Waals surface area contributed by atoms with E-state index in [1.807, 2.05) is 0 Å². The van der Waals surface area contributed by atoms with Crippen LogP contribution in [0, 0.1) is 5.92 Å². The van der Waals surface area contributed by atoms with Crippen molar-refractivity contribution in [3.63, 3.8) is 0 Å². The first-order chi connectivity index (χ1) is 7.70. The molecule has 3 heteroatoms. The Bertz CT molecular complexity index is 354. The SMILES string of the molecule is CC1CCN(Cc2cccc(Br)c2)C1CBr. The Labute approximate surface area is 114 Å². The van der Waals surface area contributed by atoms with Gasteiger partial charge in [0.1, 0.15) is 0 Å². The van der Waals surface area contributed by atoms with Gasteiger partial charge in [0.15, 0.2) is 0 Å². The molecule has 2 rings (SSSR count). The first kappa shape index (κ1) is 12.6. The normalized spacial score (nSPS) is 26.2. The highest BCUT2D eigenvalue weighted by atomic mass is 79.9. The zero-order valence-corrected chi connectivity index (χ0v) is 12.7. The van der Waals surface area contributed by atoms with Crippen LogP contribution >= 0.6 is 31.9 Å². The van der Waals surface area contributed by atoms with Crippen LogP contribution in [-0.4, -0.2) is 22.8 Å². The van der Waals surface area contributed by atoms with E-state index in [-0.39, 0.29) is 0 Å². The average Bonchev–Trinajstić information content (AvgIpc) is 2.59. The van der Waals surface area contributed by atoms with Crippen molar-refractivity contribution in [1.82, 2.24) is 4.90 Å². The van der Waals surface area contributed by atoms with E-state index in [0.29, 0.717) is 6.04 Å². The van der Waals surface area contributed by atoms with E-state index in [4.69, 9.17) is 0 Å². The third-order valence-corrected chi connectivity index (χ3v) is 4.59. The standard InChI is InChI=1S/C13H17Br2N/c1-10-5-6-16(13(10)8-14)9-11-3-2-4-12(15)7-11/h2-4,7,10,13H,5-6,8-9H2,1H3. The Morgan fingerprint density at radius 1 is 1.44 bits per heavy atom. The Hall–Kier alpha value is 0.140. The van der Waals surface area contributed by atoms with E-state index in [1.165, 1.54) is 23.0 Å². The lowest BCUT2D eigenvalue weighted by Gasteiger charge is -2.25. The molecule has 0 spiro atoms. The number of likely N-dealkylation sites (tertiary alicyclic amines) is 1. The summed E-state index contributed by atoms with van der Waals surface area (Å²) >= 11 is 7.16. The second-order valence-corrected chi connectivity index (χ2v) is 6.15. The van der Waals surface area contributed by atoms with Gasteiger partial charge in [0.25, 0.3) is 0 Å². The van der Waals surface area contributed by atoms with Crippen molar-refractivity contribution in [2.45, 2.75) is 25.9 Å². The van der Waals surface area contributed by atoms with Crippen LogP contribution in [0.3, 0.4) is 0 Å². The molecule has 1 saturated heterocycles. The molecule has 0 saturated carbocycles. The molecule has 1 heterocycles. The molecule has 1 aromatic rings. The van der Waals surface area contributed by atoms with Gasteiger partial charge in [0, 0.05) is 22.4 Å². The lowest BCUT2D eigenvalue weighted by molar-refractivity contribution is 0.244. The molecular weight excluding hydrogens is 330 g/mol. The second-order valence-electron chi connectivity index (χ2n) is 4.59. The molecule has 2 unspecified atom stereocenters. The summed E-state index contributed by atoms with van der Waals surface area (Å²) in [5, 5.41) is 1.09. The number of alkyl halides is 1. The highest BCUT2D eigenvalue weighted by molar-refractivity contribution is 9.10. The van der Waals surface area contributed by atoms with Crippen molar-refractivity contribution in [3.8, 4) is 0 Å². The number of nitrogens with zero attached hydrogens (tertiary/aromatic N) is 1. The highest BCUT2D eigenvalue weighted by Crippen LogP contribution is 2.27. The fraction of sp³-hybridized carbons (Fsp3) is 0.538. The summed E-state index contributed by atoms with van der Waals surface area (Å²) in [6.07, 6.45) is 1.32. The first-order valence-corrected chi connectivity index (χ1v) is 7.66. The lowest BCUT2D eigenvalue weighted by Crippen LogP contribution is -2.32. The molecule has 0 radical (unpaired) electrons. The molecule has 2 atom stereocenters. The van der Waals surface area contributed by atoms with E-state index in [1.54, 1.807) is 0 Å². The molecule has 0 aliphatic carbocycles. The van der Waals surface area contributed by atoms with Crippen molar-refractivity contribution in [3.05, 3.63) is 34.3 Å². The van der Waals surface area contributed by atoms with Gasteiger partial charge in [-0.2, -0.15) is 0 Å². The Balaban J connectivity index is 2.04. The summed E-state index contributed by atoms with van der Waals surface area (Å²) < 4.78 is 1.17. The molecule has 1 fully saturated rings. The van der Waals surface area contributed by atoms with Crippen LogP contribution in [0.2, 0.25) is 0 Å². The molecule has 1 nitrogen and oxygen atoms in total. The molecule has 88 valence electrons. The van der Waals surface area contributed by atoms with E-state index in [9.17, 15) is 0 Å². The van der Waals surface area contributed by atoms with Crippen LogP contribution in [-0.2, 0) is 6.54 Å². The minimum atomic E-state index is 0.694. The zero-order chi connectivity index (χ0) is 11.5. The van der Waals surface area contributed by atoms with Gasteiger partial charge in [-0.05, 0) is 36.6 Å². The minimum absolute atomic E-state index is 0.694. The number of halogens is 2. The fourth-order valence-electron chi connectivity index (χ4n) is 2.40. The zero-order valence-electron chi connectivity index (χ0n) is 9.50. The summed E-state index contributed by atoms with van der Waals surface area (Å²) in [4.78, 5) is 2.58. The summed E-state index contributed by atoms with van der Waals surface area (Å²) in [5.41, 5.74) is 1.40. The average molecular weight is 347 g/mol. The molecule has 0 bridgehead atoms. The number of hydrogen-bond donors (Lipinski definition) is 0. The predicted molar refractivity (Wildman–Crippen MR) is 75.9 cm³/mol. The topological polar surface area (TPSA) is 3.24 Å².